The Balaban J connectivity index is 1.92. The van der Waals surface area contributed by atoms with Gasteiger partial charge in [-0.05, 0) is 19.3 Å². The highest BCUT2D eigenvalue weighted by Gasteiger charge is 2.44. The Hall–Kier alpha value is -0.380. The number of thioether (sulfide) groups is 1. The molecule has 0 aromatic heterocycles. The van der Waals surface area contributed by atoms with Crippen molar-refractivity contribution in [3.8, 4) is 0 Å². The van der Waals surface area contributed by atoms with Gasteiger partial charge in [0.2, 0.25) is 5.91 Å². The first-order chi connectivity index (χ1) is 10.4. The molecule has 1 saturated heterocycles. The highest BCUT2D eigenvalue weighted by Crippen LogP contribution is 2.36. The summed E-state index contributed by atoms with van der Waals surface area (Å²) in [7, 11) is 0. The van der Waals surface area contributed by atoms with Crippen molar-refractivity contribution in [2.24, 2.45) is 0 Å². The summed E-state index contributed by atoms with van der Waals surface area (Å²) >= 11 is 1.40. The van der Waals surface area contributed by atoms with E-state index in [1.165, 1.54) is 18.7 Å². The van der Waals surface area contributed by atoms with Gasteiger partial charge in [-0.25, -0.2) is 0 Å². The number of nitrogens with one attached hydrogen (secondary N) is 1. The van der Waals surface area contributed by atoms with Crippen LogP contribution in [0, 0.1) is 0 Å². The molecule has 1 saturated carbocycles. The van der Waals surface area contributed by atoms with Crippen molar-refractivity contribution in [1.29, 1.82) is 0 Å². The fourth-order valence-corrected chi connectivity index (χ4v) is 4.61. The van der Waals surface area contributed by atoms with Gasteiger partial charge in [0.1, 0.15) is 29.9 Å². The van der Waals surface area contributed by atoms with E-state index in [2.05, 4.69) is 5.32 Å². The second-order valence-electron chi connectivity index (χ2n) is 6.02. The molecule has 1 aliphatic carbocycles. The summed E-state index contributed by atoms with van der Waals surface area (Å²) in [6, 6.07) is 0.119. The molecule has 7 nitrogen and oxygen atoms in total. The summed E-state index contributed by atoms with van der Waals surface area (Å²) in [4.78, 5) is 11.2. The minimum atomic E-state index is -1.34. The SMILES string of the molecule is CC(=O)NC1CCCC(S[C@@H]2O[C@H](CO)[C@H](O)[C@H](O)[C@H]2O)C1. The summed E-state index contributed by atoms with van der Waals surface area (Å²) in [6.45, 7) is 1.08. The number of hydrogen-bond donors (Lipinski definition) is 5. The highest BCUT2D eigenvalue weighted by molar-refractivity contribution is 8.00. The minimum absolute atomic E-state index is 0.0523. The Morgan fingerprint density at radius 1 is 1.23 bits per heavy atom. The van der Waals surface area contributed by atoms with Crippen molar-refractivity contribution in [3.05, 3.63) is 0 Å². The van der Waals surface area contributed by atoms with Crippen LogP contribution in [0.2, 0.25) is 0 Å². The van der Waals surface area contributed by atoms with Gasteiger partial charge in [0.25, 0.3) is 0 Å². The van der Waals surface area contributed by atoms with Gasteiger partial charge in [0.05, 0.1) is 6.61 Å². The van der Waals surface area contributed by atoms with E-state index in [1.807, 2.05) is 0 Å². The van der Waals surface area contributed by atoms with E-state index in [9.17, 15) is 25.2 Å². The van der Waals surface area contributed by atoms with Crippen molar-refractivity contribution in [3.63, 3.8) is 0 Å². The summed E-state index contributed by atoms with van der Waals surface area (Å²) in [5, 5.41) is 41.9. The van der Waals surface area contributed by atoms with Gasteiger partial charge in [0.15, 0.2) is 0 Å². The molecule has 0 spiro atoms. The standard InChI is InChI=1S/C14H25NO6S/c1-7(17)15-8-3-2-4-9(5-8)22-14-13(20)12(19)11(18)10(6-16)21-14/h8-14,16,18-20H,2-6H2,1H3,(H,15,17)/t8?,9?,10-,11+,12+,13-,14+/m1/s1. The second kappa shape index (κ2) is 7.94. The number of ether oxygens (including phenoxy) is 1. The normalized spacial score (nSPS) is 42.9. The number of hydrogen-bond acceptors (Lipinski definition) is 7. The fraction of sp³-hybridized carbons (Fsp3) is 0.929. The first kappa shape index (κ1) is 18.0. The summed E-state index contributed by atoms with van der Waals surface area (Å²) in [6.07, 6.45) is -1.11. The first-order valence-electron chi connectivity index (χ1n) is 7.65. The molecule has 2 fully saturated rings. The van der Waals surface area contributed by atoms with E-state index in [0.717, 1.165) is 25.7 Å². The molecule has 0 aromatic rings. The molecule has 0 bridgehead atoms. The zero-order valence-corrected chi connectivity index (χ0v) is 13.4. The van der Waals surface area contributed by atoms with Crippen LogP contribution < -0.4 is 5.32 Å². The molecule has 128 valence electrons. The monoisotopic (exact) mass is 335 g/mol. The Morgan fingerprint density at radius 3 is 2.59 bits per heavy atom. The molecule has 2 rings (SSSR count). The quantitative estimate of drug-likeness (QED) is 0.445. The largest absolute Gasteiger partial charge is 0.394 e. The van der Waals surface area contributed by atoms with Crippen LogP contribution >= 0.6 is 11.8 Å². The van der Waals surface area contributed by atoms with Crippen LogP contribution in [0.5, 0.6) is 0 Å². The third kappa shape index (κ3) is 4.33. The van der Waals surface area contributed by atoms with Crippen LogP contribution in [0.1, 0.15) is 32.6 Å². The zero-order chi connectivity index (χ0) is 16.3. The van der Waals surface area contributed by atoms with E-state index in [4.69, 9.17) is 4.74 Å². The first-order valence-corrected chi connectivity index (χ1v) is 8.59. The molecule has 8 heteroatoms. The molecule has 1 aliphatic heterocycles. The van der Waals surface area contributed by atoms with E-state index in [0.29, 0.717) is 0 Å². The summed E-state index contributed by atoms with van der Waals surface area (Å²) in [5.41, 5.74) is -0.698. The van der Waals surface area contributed by atoms with Crippen molar-refractivity contribution < 1.29 is 30.0 Å². The Labute approximate surface area is 134 Å². The maximum absolute atomic E-state index is 11.2. The van der Waals surface area contributed by atoms with Crippen LogP contribution in [0.25, 0.3) is 0 Å². The molecule has 5 N–H and O–H groups in total. The average Bonchev–Trinajstić information content (AvgIpc) is 2.47. The van der Waals surface area contributed by atoms with Crippen molar-refractivity contribution in [2.45, 2.75) is 73.8 Å². The molecule has 2 aliphatic rings. The molecule has 1 amide bonds. The molecular weight excluding hydrogens is 310 g/mol. The topological polar surface area (TPSA) is 119 Å². The number of rotatable bonds is 4. The minimum Gasteiger partial charge on any atom is -0.394 e. The lowest BCUT2D eigenvalue weighted by atomic mass is 9.95. The lowest BCUT2D eigenvalue weighted by molar-refractivity contribution is -0.205. The summed E-state index contributed by atoms with van der Waals surface area (Å²) < 4.78 is 5.52. The maximum atomic E-state index is 11.2. The third-order valence-electron chi connectivity index (χ3n) is 4.21. The van der Waals surface area contributed by atoms with Gasteiger partial charge in [-0.1, -0.05) is 6.42 Å². The van der Waals surface area contributed by atoms with E-state index in [-0.39, 0.29) is 17.2 Å². The van der Waals surface area contributed by atoms with Crippen LogP contribution in [-0.4, -0.2) is 74.1 Å². The lowest BCUT2D eigenvalue weighted by Gasteiger charge is -2.41. The molecule has 0 radical (unpaired) electrons. The average molecular weight is 335 g/mol. The van der Waals surface area contributed by atoms with Crippen molar-refractivity contribution >= 4 is 17.7 Å². The molecule has 1 heterocycles. The molecular formula is C14H25NO6S. The van der Waals surface area contributed by atoms with Crippen LogP contribution in [-0.2, 0) is 9.53 Å². The van der Waals surface area contributed by atoms with Gasteiger partial charge in [-0.15, -0.1) is 11.8 Å². The highest BCUT2D eigenvalue weighted by atomic mass is 32.2. The maximum Gasteiger partial charge on any atom is 0.217 e. The van der Waals surface area contributed by atoms with Gasteiger partial charge >= 0.3 is 0 Å². The predicted octanol–water partition coefficient (Wildman–Crippen LogP) is -1.03. The van der Waals surface area contributed by atoms with E-state index in [1.54, 1.807) is 0 Å². The number of amides is 1. The van der Waals surface area contributed by atoms with Crippen LogP contribution in [0.3, 0.4) is 0 Å². The van der Waals surface area contributed by atoms with Gasteiger partial charge < -0.3 is 30.5 Å². The third-order valence-corrected chi connectivity index (χ3v) is 5.68. The second-order valence-corrected chi connectivity index (χ2v) is 7.42. The number of carbonyl (C=O) groups excluding carboxylic acids is 1. The molecule has 2 unspecified atom stereocenters. The fourth-order valence-electron chi connectivity index (χ4n) is 3.06. The Bertz CT molecular complexity index is 382. The van der Waals surface area contributed by atoms with Crippen LogP contribution in [0.4, 0.5) is 0 Å². The molecule has 7 atom stereocenters. The Morgan fingerprint density at radius 2 is 1.95 bits per heavy atom. The van der Waals surface area contributed by atoms with Crippen molar-refractivity contribution in [1.82, 2.24) is 5.32 Å². The Kier molecular flexibility index (Phi) is 6.48. The number of aliphatic hydroxyl groups is 4. The number of carbonyl (C=O) groups is 1. The molecule has 0 aromatic carbocycles. The van der Waals surface area contributed by atoms with E-state index < -0.39 is 36.5 Å². The number of aliphatic hydroxyl groups excluding tert-OH is 4. The smallest absolute Gasteiger partial charge is 0.217 e. The lowest BCUT2D eigenvalue weighted by Crippen LogP contribution is -2.58. The zero-order valence-electron chi connectivity index (χ0n) is 12.6. The predicted molar refractivity (Wildman–Crippen MR) is 81.2 cm³/mol. The van der Waals surface area contributed by atoms with Gasteiger partial charge in [-0.2, -0.15) is 0 Å². The van der Waals surface area contributed by atoms with Crippen LogP contribution in [0.15, 0.2) is 0 Å². The van der Waals surface area contributed by atoms with E-state index >= 15 is 0 Å². The van der Waals surface area contributed by atoms with Gasteiger partial charge in [-0.3, -0.25) is 4.79 Å². The summed E-state index contributed by atoms with van der Waals surface area (Å²) in [5.74, 6) is -0.0523. The van der Waals surface area contributed by atoms with Gasteiger partial charge in [0, 0.05) is 18.2 Å². The molecule has 22 heavy (non-hydrogen) atoms. The van der Waals surface area contributed by atoms with Crippen molar-refractivity contribution in [2.75, 3.05) is 6.61 Å².